The molecule has 462 valence electrons. The highest BCUT2D eigenvalue weighted by Gasteiger charge is 2.52. The number of amides is 3. The number of hydrogen-bond acceptors (Lipinski definition) is 21. The van der Waals surface area contributed by atoms with Gasteiger partial charge in [-0.25, -0.2) is 9.97 Å². The third kappa shape index (κ3) is 21.6. The Hall–Kier alpha value is -5.42. The Labute approximate surface area is 485 Å². The predicted octanol–water partition coefficient (Wildman–Crippen LogP) is -0.221. The smallest absolute Gasteiger partial charge is 0.308 e. The molecule has 83 heavy (non-hydrogen) atoms. The first-order chi connectivity index (χ1) is 39.5. The van der Waals surface area contributed by atoms with E-state index in [0.717, 1.165) is 0 Å². The molecule has 0 aliphatic carbocycles. The number of likely N-dealkylation sites (N-methyl/N-ethyl adjacent to an activating group) is 1. The Morgan fingerprint density at radius 1 is 0.699 bits per heavy atom. The van der Waals surface area contributed by atoms with Crippen LogP contribution in [0.3, 0.4) is 0 Å². The van der Waals surface area contributed by atoms with Gasteiger partial charge in [0.15, 0.2) is 12.1 Å². The number of esters is 1. The quantitative estimate of drug-likeness (QED) is 0.157. The minimum absolute atomic E-state index is 0.0485. The van der Waals surface area contributed by atoms with E-state index in [-0.39, 0.29) is 75.9 Å². The molecule has 24 heteroatoms. The third-order valence-corrected chi connectivity index (χ3v) is 15.3. The number of allylic oxidation sites excluding steroid dienone is 12. The van der Waals surface area contributed by atoms with Crippen LogP contribution in [-0.2, 0) is 33.3 Å². The van der Waals surface area contributed by atoms with Gasteiger partial charge in [-0.15, -0.1) is 0 Å². The summed E-state index contributed by atoms with van der Waals surface area (Å²) in [6, 6.07) is 0.217. The third-order valence-electron chi connectivity index (χ3n) is 15.3. The van der Waals surface area contributed by atoms with E-state index >= 15 is 0 Å². The molecule has 1 aromatic rings. The second-order valence-corrected chi connectivity index (χ2v) is 22.0. The van der Waals surface area contributed by atoms with Crippen molar-refractivity contribution in [1.82, 2.24) is 30.4 Å². The Morgan fingerprint density at radius 3 is 1.93 bits per heavy atom. The van der Waals surface area contributed by atoms with E-state index in [4.69, 9.17) is 18.9 Å². The Balaban J connectivity index is 1.44. The molecule has 3 saturated heterocycles. The topological polar surface area (TPSA) is 364 Å². The molecule has 4 aliphatic heterocycles. The van der Waals surface area contributed by atoms with Gasteiger partial charge in [-0.3, -0.25) is 19.2 Å². The zero-order chi connectivity index (χ0) is 60.8. The molecule has 0 unspecified atom stereocenters. The monoisotopic (exact) mass is 1170 g/mol. The highest BCUT2D eigenvalue weighted by atomic mass is 16.7. The lowest BCUT2D eigenvalue weighted by Crippen LogP contribution is -2.64. The molecule has 1 aromatic heterocycles. The second kappa shape index (κ2) is 33.9. The van der Waals surface area contributed by atoms with E-state index in [1.54, 1.807) is 87.7 Å². The zero-order valence-corrected chi connectivity index (χ0v) is 47.9. The summed E-state index contributed by atoms with van der Waals surface area (Å²) in [7, 11) is 1.55. The van der Waals surface area contributed by atoms with Crippen molar-refractivity contribution in [2.45, 2.75) is 177 Å². The van der Waals surface area contributed by atoms with E-state index in [9.17, 15) is 70.2 Å². The SMILES string of the molecule is CNCC(=O)N[C@@H]1[C@H](O)[C@H](O[C@H]2/C=C/C=C\C=C/C=C\C=C/C=C\C=C/[C@H](C)[C@@H](O)[C@@H](C)[C@H](C)OC(=O)C[C@H](O)C[C@H](O)CC[C@@H](O)[C@H](O)C[C@H](O)C[C@]3(O)C[C@H](O)[C@@H](C(=O)N4CCN(C(=O)c5ccncn5)CC4)[C@H](C2)O3)O[C@H](C)[C@H]1O. The Kier molecular flexibility index (Phi) is 27.9. The van der Waals surface area contributed by atoms with Crippen LogP contribution in [0.4, 0.5) is 0 Å². The lowest BCUT2D eigenvalue weighted by atomic mass is 9.81. The summed E-state index contributed by atoms with van der Waals surface area (Å²) < 4.78 is 24.3. The van der Waals surface area contributed by atoms with Gasteiger partial charge in [0, 0.05) is 69.9 Å². The summed E-state index contributed by atoms with van der Waals surface area (Å²) in [5.41, 5.74) is 0.167. The number of piperazine rings is 1. The maximum absolute atomic E-state index is 14.7. The van der Waals surface area contributed by atoms with Crippen LogP contribution in [0.15, 0.2) is 104 Å². The lowest BCUT2D eigenvalue weighted by molar-refractivity contribution is -0.308. The van der Waals surface area contributed by atoms with Crippen LogP contribution in [0, 0.1) is 17.8 Å². The molecular weight excluding hydrogens is 1080 g/mol. The number of rotatable bonds is 7. The van der Waals surface area contributed by atoms with Crippen molar-refractivity contribution in [3.8, 4) is 0 Å². The van der Waals surface area contributed by atoms with E-state index in [0.29, 0.717) is 0 Å². The van der Waals surface area contributed by atoms with Crippen LogP contribution in [0.25, 0.3) is 0 Å². The maximum atomic E-state index is 14.7. The van der Waals surface area contributed by atoms with Gasteiger partial charge in [-0.2, -0.15) is 0 Å². The number of nitrogens with one attached hydrogen (secondary N) is 2. The number of nitrogens with zero attached hydrogens (tertiary/aromatic N) is 4. The standard InChI is InChI=1S/C59H88N6O18/c1-36-18-16-14-12-10-8-6-7-9-11-13-15-17-19-43(82-58-55(76)52(54(75)39(4)81-58)63-49(72)34-60-5)31-48-51(57(78)65-26-24-64(25-27-65)56(77)44-22-23-61-35-62-44)47(71)33-59(79,83-48)32-42(68)29-46(70)45(69)21-20-40(66)28-41(67)30-50(73)80-38(3)37(2)53(36)74/h6-19,22-23,35-43,45-48,51-55,58,60,66-71,74-76,79H,20-21,24-34H2,1-5H3,(H,63,72)/b7-6-,10-8-,11-9-,14-12-,15-13-,18-16-,19-17+/t36-,37-,38-,39+,40+,41+,42-,43-,45+,46+,47-,48-,51+,52-,53+,54+,55-,58-,59+/m0/s1. The van der Waals surface area contributed by atoms with Gasteiger partial charge in [-0.05, 0) is 46.2 Å². The molecule has 0 radical (unpaired) electrons. The highest BCUT2D eigenvalue weighted by Crippen LogP contribution is 2.39. The summed E-state index contributed by atoms with van der Waals surface area (Å²) in [6.07, 6.45) is 5.43. The maximum Gasteiger partial charge on any atom is 0.308 e. The molecule has 4 aliphatic rings. The number of carbonyl (C=O) groups excluding carboxylic acids is 4. The number of aliphatic hydroxyl groups is 10. The number of cyclic esters (lactones) is 1. The molecule has 0 spiro atoms. The summed E-state index contributed by atoms with van der Waals surface area (Å²) in [4.78, 5) is 64.4. The highest BCUT2D eigenvalue weighted by molar-refractivity contribution is 5.92. The van der Waals surface area contributed by atoms with Crippen molar-refractivity contribution in [3.05, 3.63) is 109 Å². The number of aromatic nitrogens is 2. The number of carbonyl (C=O) groups is 4. The van der Waals surface area contributed by atoms with Crippen LogP contribution < -0.4 is 10.6 Å². The van der Waals surface area contributed by atoms with Gasteiger partial charge in [0.1, 0.15) is 30.3 Å². The minimum atomic E-state index is -2.37. The van der Waals surface area contributed by atoms with Crippen LogP contribution in [0.1, 0.15) is 89.5 Å². The first-order valence-electron chi connectivity index (χ1n) is 28.5. The van der Waals surface area contributed by atoms with Crippen LogP contribution >= 0.6 is 0 Å². The molecule has 0 aromatic carbocycles. The first-order valence-corrected chi connectivity index (χ1v) is 28.5. The van der Waals surface area contributed by atoms with Crippen molar-refractivity contribution in [2.75, 3.05) is 39.8 Å². The lowest BCUT2D eigenvalue weighted by Gasteiger charge is -2.47. The molecule has 19 atom stereocenters. The molecule has 24 nitrogen and oxygen atoms in total. The average Bonchev–Trinajstić information content (AvgIpc) is 3.24. The zero-order valence-electron chi connectivity index (χ0n) is 47.9. The fourth-order valence-electron chi connectivity index (χ4n) is 10.4. The fraction of sp³-hybridized carbons (Fsp3) is 0.627. The van der Waals surface area contributed by atoms with Crippen molar-refractivity contribution < 1.29 is 89.2 Å². The average molecular weight is 1170 g/mol. The van der Waals surface area contributed by atoms with E-state index in [1.807, 2.05) is 25.2 Å². The molecule has 0 saturated carbocycles. The summed E-state index contributed by atoms with van der Waals surface area (Å²) in [6.45, 7) is 6.92. The first kappa shape index (κ1) is 68.4. The fourth-order valence-corrected chi connectivity index (χ4v) is 10.4. The summed E-state index contributed by atoms with van der Waals surface area (Å²) >= 11 is 0. The van der Waals surface area contributed by atoms with Crippen LogP contribution in [0.5, 0.6) is 0 Å². The van der Waals surface area contributed by atoms with Gasteiger partial charge in [0.2, 0.25) is 11.8 Å². The van der Waals surface area contributed by atoms with Gasteiger partial charge in [0.05, 0.1) is 86.0 Å². The summed E-state index contributed by atoms with van der Waals surface area (Å²) in [5, 5.41) is 118. The number of aliphatic hydroxyl groups excluding tert-OH is 9. The van der Waals surface area contributed by atoms with Crippen molar-refractivity contribution in [1.29, 1.82) is 0 Å². The molecule has 2 bridgehead atoms. The normalized spacial score (nSPS) is 39.2. The molecule has 5 heterocycles. The molecular formula is C59H88N6O18. The molecule has 3 amide bonds. The molecule has 5 rings (SSSR count). The number of hydrogen-bond donors (Lipinski definition) is 12. The minimum Gasteiger partial charge on any atom is -0.462 e. The van der Waals surface area contributed by atoms with E-state index in [2.05, 4.69) is 20.6 Å². The van der Waals surface area contributed by atoms with Crippen LogP contribution in [0.2, 0.25) is 0 Å². The van der Waals surface area contributed by atoms with Gasteiger partial charge >= 0.3 is 5.97 Å². The van der Waals surface area contributed by atoms with Gasteiger partial charge < -0.3 is 90.4 Å². The van der Waals surface area contributed by atoms with Gasteiger partial charge in [0.25, 0.3) is 5.91 Å². The van der Waals surface area contributed by atoms with Gasteiger partial charge in [-0.1, -0.05) is 98.9 Å². The van der Waals surface area contributed by atoms with Crippen molar-refractivity contribution in [3.63, 3.8) is 0 Å². The van der Waals surface area contributed by atoms with Crippen LogP contribution in [-0.4, -0.2) is 232 Å². The number of fused-ring (bicyclic) bond motifs is 2. The van der Waals surface area contributed by atoms with E-state index in [1.165, 1.54) is 35.3 Å². The molecule has 3 fully saturated rings. The largest absolute Gasteiger partial charge is 0.462 e. The number of ether oxygens (including phenoxy) is 4. The Morgan fingerprint density at radius 2 is 1.31 bits per heavy atom. The predicted molar refractivity (Wildman–Crippen MR) is 302 cm³/mol. The van der Waals surface area contributed by atoms with Crippen molar-refractivity contribution in [2.24, 2.45) is 17.8 Å². The molecule has 12 N–H and O–H groups in total. The second-order valence-electron chi connectivity index (χ2n) is 22.0. The summed E-state index contributed by atoms with van der Waals surface area (Å²) in [5.74, 6) is -6.78. The Bertz CT molecular complexity index is 2400. The van der Waals surface area contributed by atoms with E-state index < -0.39 is 153 Å². The van der Waals surface area contributed by atoms with Crippen molar-refractivity contribution >= 4 is 23.7 Å².